The molecule has 2 amide bonds. The van der Waals surface area contributed by atoms with Gasteiger partial charge >= 0.3 is 6.18 Å². The number of para-hydroxylation sites is 1. The topological polar surface area (TPSA) is 65.8 Å². The Kier molecular flexibility index (Phi) is 5.50. The summed E-state index contributed by atoms with van der Waals surface area (Å²) >= 11 is 0. The molecule has 0 saturated carbocycles. The molecule has 1 aliphatic rings. The van der Waals surface area contributed by atoms with Crippen LogP contribution in [0.3, 0.4) is 0 Å². The van der Waals surface area contributed by atoms with Crippen molar-refractivity contribution in [1.82, 2.24) is 9.80 Å². The molecule has 3 rings (SSSR count). The van der Waals surface area contributed by atoms with Crippen molar-refractivity contribution in [2.24, 2.45) is 0 Å². The van der Waals surface area contributed by atoms with E-state index >= 15 is 0 Å². The molecule has 0 bridgehead atoms. The molecule has 0 atom stereocenters. The first kappa shape index (κ1) is 19.0. The van der Waals surface area contributed by atoms with Gasteiger partial charge in [-0.2, -0.15) is 13.2 Å². The predicted octanol–water partition coefficient (Wildman–Crippen LogP) is 2.69. The van der Waals surface area contributed by atoms with Gasteiger partial charge in [0.15, 0.2) is 5.76 Å². The van der Waals surface area contributed by atoms with Gasteiger partial charge in [0.2, 0.25) is 5.91 Å². The fourth-order valence-corrected chi connectivity index (χ4v) is 2.90. The fourth-order valence-electron chi connectivity index (χ4n) is 2.90. The molecule has 2 heterocycles. The Hall–Kier alpha value is -2.81. The zero-order valence-electron chi connectivity index (χ0n) is 14.3. The number of furan rings is 1. The lowest BCUT2D eigenvalue weighted by Crippen LogP contribution is -2.50. The summed E-state index contributed by atoms with van der Waals surface area (Å²) in [5, 5.41) is 2.32. The van der Waals surface area contributed by atoms with Crippen LogP contribution in [0.5, 0.6) is 0 Å². The molecule has 1 aliphatic heterocycles. The van der Waals surface area contributed by atoms with Crippen molar-refractivity contribution >= 4 is 17.5 Å². The van der Waals surface area contributed by atoms with Gasteiger partial charge in [-0.05, 0) is 24.3 Å². The summed E-state index contributed by atoms with van der Waals surface area (Å²) in [5.41, 5.74) is -1.14. The first-order chi connectivity index (χ1) is 12.8. The third kappa shape index (κ3) is 4.68. The van der Waals surface area contributed by atoms with E-state index in [0.29, 0.717) is 26.2 Å². The molecule has 0 aliphatic carbocycles. The number of piperazine rings is 1. The fraction of sp³-hybridized carbons (Fsp3) is 0.333. The first-order valence-corrected chi connectivity index (χ1v) is 8.36. The Morgan fingerprint density at radius 2 is 1.74 bits per heavy atom. The summed E-state index contributed by atoms with van der Waals surface area (Å²) in [4.78, 5) is 27.7. The molecule has 1 aromatic heterocycles. The Balaban J connectivity index is 1.53. The van der Waals surface area contributed by atoms with E-state index in [1.165, 1.54) is 24.5 Å². The van der Waals surface area contributed by atoms with Gasteiger partial charge in [0.1, 0.15) is 0 Å². The highest BCUT2D eigenvalue weighted by Crippen LogP contribution is 2.34. The maximum absolute atomic E-state index is 13.0. The van der Waals surface area contributed by atoms with Gasteiger partial charge in [0.25, 0.3) is 5.91 Å². The van der Waals surface area contributed by atoms with Gasteiger partial charge in [-0.3, -0.25) is 14.5 Å². The van der Waals surface area contributed by atoms with Gasteiger partial charge in [-0.15, -0.1) is 0 Å². The third-order valence-corrected chi connectivity index (χ3v) is 4.27. The number of halogens is 3. The van der Waals surface area contributed by atoms with E-state index in [1.54, 1.807) is 21.9 Å². The molecular formula is C18H18F3N3O3. The van der Waals surface area contributed by atoms with Gasteiger partial charge in [-0.25, -0.2) is 0 Å². The van der Waals surface area contributed by atoms with Crippen molar-refractivity contribution in [2.45, 2.75) is 6.18 Å². The number of anilines is 1. The van der Waals surface area contributed by atoms with Crippen LogP contribution < -0.4 is 5.32 Å². The molecule has 6 nitrogen and oxygen atoms in total. The molecule has 1 fully saturated rings. The second-order valence-corrected chi connectivity index (χ2v) is 6.14. The summed E-state index contributed by atoms with van der Waals surface area (Å²) in [6, 6.07) is 8.07. The van der Waals surface area contributed by atoms with Crippen molar-refractivity contribution in [2.75, 3.05) is 38.0 Å². The number of carbonyl (C=O) groups excluding carboxylic acids is 2. The lowest BCUT2D eigenvalue weighted by Gasteiger charge is -2.33. The van der Waals surface area contributed by atoms with Crippen LogP contribution in [0, 0.1) is 0 Å². The predicted molar refractivity (Wildman–Crippen MR) is 91.1 cm³/mol. The van der Waals surface area contributed by atoms with Gasteiger partial charge in [0, 0.05) is 26.2 Å². The molecule has 1 N–H and O–H groups in total. The van der Waals surface area contributed by atoms with Crippen molar-refractivity contribution in [3.63, 3.8) is 0 Å². The van der Waals surface area contributed by atoms with E-state index in [2.05, 4.69) is 5.32 Å². The zero-order valence-corrected chi connectivity index (χ0v) is 14.3. The second kappa shape index (κ2) is 7.83. The van der Waals surface area contributed by atoms with Gasteiger partial charge in [0.05, 0.1) is 24.1 Å². The second-order valence-electron chi connectivity index (χ2n) is 6.14. The molecule has 0 spiro atoms. The quantitative estimate of drug-likeness (QED) is 0.885. The van der Waals surface area contributed by atoms with Crippen LogP contribution in [-0.2, 0) is 11.0 Å². The molecule has 2 aromatic rings. The molecule has 1 saturated heterocycles. The minimum atomic E-state index is -4.54. The number of amides is 2. The standard InChI is InChI=1S/C18H18F3N3O3/c19-18(20,21)13-4-1-2-5-14(13)22-16(25)12-23-7-9-24(10-8-23)17(26)15-6-3-11-27-15/h1-6,11H,7-10,12H2,(H,22,25). The van der Waals surface area contributed by atoms with E-state index in [9.17, 15) is 22.8 Å². The van der Waals surface area contributed by atoms with Crippen LogP contribution in [0.2, 0.25) is 0 Å². The monoisotopic (exact) mass is 381 g/mol. The van der Waals surface area contributed by atoms with Gasteiger partial charge < -0.3 is 14.6 Å². The minimum Gasteiger partial charge on any atom is -0.459 e. The number of hydrogen-bond acceptors (Lipinski definition) is 4. The van der Waals surface area contributed by atoms with E-state index in [-0.39, 0.29) is 23.9 Å². The highest BCUT2D eigenvalue weighted by molar-refractivity contribution is 5.93. The number of carbonyl (C=O) groups is 2. The van der Waals surface area contributed by atoms with E-state index in [0.717, 1.165) is 6.07 Å². The Bertz CT molecular complexity index is 798. The Morgan fingerprint density at radius 3 is 2.37 bits per heavy atom. The lowest BCUT2D eigenvalue weighted by molar-refractivity contribution is -0.137. The van der Waals surface area contributed by atoms with Crippen LogP contribution in [-0.4, -0.2) is 54.3 Å². The number of nitrogens with zero attached hydrogens (tertiary/aromatic N) is 2. The van der Waals surface area contributed by atoms with Crippen molar-refractivity contribution in [3.05, 3.63) is 54.0 Å². The molecule has 144 valence electrons. The Labute approximate surface area is 153 Å². The van der Waals surface area contributed by atoms with Crippen molar-refractivity contribution in [3.8, 4) is 0 Å². The number of rotatable bonds is 4. The molecule has 0 unspecified atom stereocenters. The van der Waals surface area contributed by atoms with Crippen LogP contribution in [0.1, 0.15) is 16.1 Å². The average Bonchev–Trinajstić information content (AvgIpc) is 3.16. The van der Waals surface area contributed by atoms with Crippen LogP contribution in [0.25, 0.3) is 0 Å². The molecular weight excluding hydrogens is 363 g/mol. The highest BCUT2D eigenvalue weighted by atomic mass is 19.4. The summed E-state index contributed by atoms with van der Waals surface area (Å²) in [7, 11) is 0. The maximum atomic E-state index is 13.0. The number of hydrogen-bond donors (Lipinski definition) is 1. The minimum absolute atomic E-state index is 0.0467. The molecule has 27 heavy (non-hydrogen) atoms. The normalized spacial score (nSPS) is 15.6. The average molecular weight is 381 g/mol. The van der Waals surface area contributed by atoms with Gasteiger partial charge in [-0.1, -0.05) is 12.1 Å². The molecule has 1 aromatic carbocycles. The maximum Gasteiger partial charge on any atom is 0.418 e. The van der Waals surface area contributed by atoms with Crippen molar-refractivity contribution < 1.29 is 27.2 Å². The molecule has 9 heteroatoms. The SMILES string of the molecule is O=C(CN1CCN(C(=O)c2ccco2)CC1)Nc1ccccc1C(F)(F)F. The smallest absolute Gasteiger partial charge is 0.418 e. The van der Waals surface area contributed by atoms with Crippen LogP contribution in [0.4, 0.5) is 18.9 Å². The van der Waals surface area contributed by atoms with Crippen LogP contribution in [0.15, 0.2) is 47.1 Å². The van der Waals surface area contributed by atoms with E-state index in [4.69, 9.17) is 4.42 Å². The van der Waals surface area contributed by atoms with E-state index in [1.807, 2.05) is 0 Å². The Morgan fingerprint density at radius 1 is 1.04 bits per heavy atom. The number of benzene rings is 1. The third-order valence-electron chi connectivity index (χ3n) is 4.27. The number of nitrogens with one attached hydrogen (secondary N) is 1. The van der Waals surface area contributed by atoms with Crippen LogP contribution >= 0.6 is 0 Å². The summed E-state index contributed by atoms with van der Waals surface area (Å²) in [6.07, 6.45) is -3.12. The van der Waals surface area contributed by atoms with E-state index < -0.39 is 17.6 Å². The zero-order chi connectivity index (χ0) is 19.4. The lowest BCUT2D eigenvalue weighted by atomic mass is 10.1. The highest BCUT2D eigenvalue weighted by Gasteiger charge is 2.33. The summed E-state index contributed by atoms with van der Waals surface area (Å²) in [5.74, 6) is -0.495. The number of alkyl halides is 3. The summed E-state index contributed by atoms with van der Waals surface area (Å²) in [6.45, 7) is 1.66. The summed E-state index contributed by atoms with van der Waals surface area (Å²) < 4.78 is 44.0. The largest absolute Gasteiger partial charge is 0.459 e. The van der Waals surface area contributed by atoms with Crippen molar-refractivity contribution in [1.29, 1.82) is 0 Å². The first-order valence-electron chi connectivity index (χ1n) is 8.36. The molecule has 0 radical (unpaired) electrons.